The van der Waals surface area contributed by atoms with E-state index >= 15 is 0 Å². The second-order valence-electron chi connectivity index (χ2n) is 6.88. The molecule has 1 unspecified atom stereocenters. The molecule has 1 radical (unpaired) electrons. The Morgan fingerprint density at radius 1 is 0.769 bits per heavy atom. The van der Waals surface area contributed by atoms with Crippen LogP contribution in [-0.2, 0) is 9.16 Å². The highest BCUT2D eigenvalue weighted by molar-refractivity contribution is 6.80. The highest BCUT2D eigenvalue weighted by Gasteiger charge is 2.18. The van der Waals surface area contributed by atoms with E-state index in [0.29, 0.717) is 0 Å². The van der Waals surface area contributed by atoms with Crippen LogP contribution in [0.2, 0.25) is 0 Å². The lowest BCUT2D eigenvalue weighted by Gasteiger charge is -2.16. The molecule has 3 heteroatoms. The van der Waals surface area contributed by atoms with E-state index in [9.17, 15) is 0 Å². The standard InChI is InChI=1S/C23H33O2Si/c1-3-21(2)17-20-24-18-11-6-12-19-25-26(22-13-7-4-8-14-22)23-15-9-5-10-16-23/h4-5,7-10,13-16,21H,3,6,11-12,17-20H2,1-2H3. The second kappa shape index (κ2) is 12.9. The Morgan fingerprint density at radius 2 is 1.35 bits per heavy atom. The topological polar surface area (TPSA) is 18.5 Å². The number of benzene rings is 2. The molecule has 0 saturated carbocycles. The minimum absolute atomic E-state index is 0.778. The molecule has 0 aliphatic rings. The van der Waals surface area contributed by atoms with Crippen molar-refractivity contribution >= 4 is 19.4 Å². The van der Waals surface area contributed by atoms with Crippen molar-refractivity contribution < 1.29 is 9.16 Å². The first kappa shape index (κ1) is 20.9. The van der Waals surface area contributed by atoms with Crippen LogP contribution >= 0.6 is 0 Å². The molecule has 0 heterocycles. The summed E-state index contributed by atoms with van der Waals surface area (Å²) in [7, 11) is -1.14. The van der Waals surface area contributed by atoms with Crippen molar-refractivity contribution in [3.8, 4) is 0 Å². The maximum atomic E-state index is 6.35. The van der Waals surface area contributed by atoms with Crippen LogP contribution in [0.1, 0.15) is 46.0 Å². The first-order chi connectivity index (χ1) is 12.8. The summed E-state index contributed by atoms with van der Waals surface area (Å²) in [5.41, 5.74) is 0. The molecule has 0 amide bonds. The predicted molar refractivity (Wildman–Crippen MR) is 113 cm³/mol. The van der Waals surface area contributed by atoms with Gasteiger partial charge in [-0.3, -0.25) is 0 Å². The Kier molecular flexibility index (Phi) is 10.3. The van der Waals surface area contributed by atoms with Gasteiger partial charge in [0.15, 0.2) is 0 Å². The molecule has 0 aliphatic carbocycles. The molecular weight excluding hydrogens is 336 g/mol. The van der Waals surface area contributed by atoms with Crippen molar-refractivity contribution in [2.45, 2.75) is 46.0 Å². The molecule has 2 aromatic rings. The van der Waals surface area contributed by atoms with E-state index in [1.54, 1.807) is 0 Å². The fourth-order valence-corrected chi connectivity index (χ4v) is 4.77. The predicted octanol–water partition coefficient (Wildman–Crippen LogP) is 4.43. The third-order valence-corrected chi connectivity index (χ3v) is 6.91. The first-order valence-electron chi connectivity index (χ1n) is 9.99. The summed E-state index contributed by atoms with van der Waals surface area (Å²) < 4.78 is 12.1. The van der Waals surface area contributed by atoms with E-state index in [-0.39, 0.29) is 0 Å². The van der Waals surface area contributed by atoms with Crippen molar-refractivity contribution in [3.63, 3.8) is 0 Å². The minimum atomic E-state index is -1.14. The van der Waals surface area contributed by atoms with E-state index in [2.05, 4.69) is 74.5 Å². The molecular formula is C23H33O2Si. The van der Waals surface area contributed by atoms with Gasteiger partial charge in [0.25, 0.3) is 9.04 Å². The van der Waals surface area contributed by atoms with Gasteiger partial charge < -0.3 is 9.16 Å². The highest BCUT2D eigenvalue weighted by Crippen LogP contribution is 2.06. The quantitative estimate of drug-likeness (QED) is 0.384. The molecule has 2 rings (SSSR count). The van der Waals surface area contributed by atoms with Gasteiger partial charge >= 0.3 is 0 Å². The molecule has 0 N–H and O–H groups in total. The molecule has 0 aliphatic heterocycles. The fourth-order valence-electron chi connectivity index (χ4n) is 2.76. The van der Waals surface area contributed by atoms with Gasteiger partial charge in [-0.05, 0) is 42.0 Å². The van der Waals surface area contributed by atoms with Crippen LogP contribution < -0.4 is 10.4 Å². The zero-order valence-corrected chi connectivity index (χ0v) is 17.3. The summed E-state index contributed by atoms with van der Waals surface area (Å²) in [5.74, 6) is 0.778. The molecule has 0 saturated heterocycles. The van der Waals surface area contributed by atoms with Crippen LogP contribution in [0.4, 0.5) is 0 Å². The van der Waals surface area contributed by atoms with Crippen molar-refractivity contribution in [1.29, 1.82) is 0 Å². The van der Waals surface area contributed by atoms with Crippen molar-refractivity contribution in [2.75, 3.05) is 19.8 Å². The SMILES string of the molecule is CCC(C)CCOCCCCCO[Si](c1ccccc1)c1ccccc1. The lowest BCUT2D eigenvalue weighted by atomic mass is 10.1. The smallest absolute Gasteiger partial charge is 0.282 e. The van der Waals surface area contributed by atoms with Crippen molar-refractivity contribution in [1.82, 2.24) is 0 Å². The zero-order valence-electron chi connectivity index (χ0n) is 16.3. The molecule has 0 bridgehead atoms. The van der Waals surface area contributed by atoms with Gasteiger partial charge in [-0.1, -0.05) is 80.9 Å². The summed E-state index contributed by atoms with van der Waals surface area (Å²) in [4.78, 5) is 0. The maximum Gasteiger partial charge on any atom is 0.282 e. The Balaban J connectivity index is 1.67. The van der Waals surface area contributed by atoms with Crippen LogP contribution in [0.3, 0.4) is 0 Å². The third-order valence-electron chi connectivity index (χ3n) is 4.70. The molecule has 0 spiro atoms. The summed E-state index contributed by atoms with van der Waals surface area (Å²) in [6, 6.07) is 21.3. The molecule has 2 nitrogen and oxygen atoms in total. The summed E-state index contributed by atoms with van der Waals surface area (Å²) >= 11 is 0. The average molecular weight is 370 g/mol. The third kappa shape index (κ3) is 7.86. The first-order valence-corrected chi connectivity index (χ1v) is 11.4. The number of hydrogen-bond acceptors (Lipinski definition) is 2. The normalized spacial score (nSPS) is 12.4. The number of hydrogen-bond donors (Lipinski definition) is 0. The van der Waals surface area contributed by atoms with Gasteiger partial charge in [-0.25, -0.2) is 0 Å². The van der Waals surface area contributed by atoms with Gasteiger partial charge in [-0.15, -0.1) is 0 Å². The van der Waals surface area contributed by atoms with Crippen molar-refractivity contribution in [2.24, 2.45) is 5.92 Å². The van der Waals surface area contributed by atoms with Crippen LogP contribution in [0.25, 0.3) is 0 Å². The van der Waals surface area contributed by atoms with E-state index in [0.717, 1.165) is 38.6 Å². The monoisotopic (exact) mass is 369 g/mol. The number of unbranched alkanes of at least 4 members (excludes halogenated alkanes) is 2. The van der Waals surface area contributed by atoms with Gasteiger partial charge in [0.1, 0.15) is 0 Å². The second-order valence-corrected chi connectivity index (χ2v) is 8.99. The van der Waals surface area contributed by atoms with Crippen LogP contribution in [-0.4, -0.2) is 28.9 Å². The van der Waals surface area contributed by atoms with Gasteiger partial charge in [0.05, 0.1) is 0 Å². The molecule has 2 aromatic carbocycles. The van der Waals surface area contributed by atoms with Gasteiger partial charge in [-0.2, -0.15) is 0 Å². The Morgan fingerprint density at radius 3 is 1.92 bits per heavy atom. The Labute approximate surface area is 161 Å². The Bertz CT molecular complexity index is 534. The van der Waals surface area contributed by atoms with Gasteiger partial charge in [0, 0.05) is 19.8 Å². The van der Waals surface area contributed by atoms with Crippen LogP contribution in [0, 0.1) is 5.92 Å². The van der Waals surface area contributed by atoms with E-state index in [4.69, 9.17) is 9.16 Å². The molecule has 1 atom stereocenters. The van der Waals surface area contributed by atoms with E-state index in [1.807, 2.05) is 0 Å². The summed E-state index contributed by atoms with van der Waals surface area (Å²) in [6.45, 7) is 7.14. The maximum absolute atomic E-state index is 6.35. The highest BCUT2D eigenvalue weighted by atomic mass is 28.3. The molecule has 141 valence electrons. The molecule has 0 fully saturated rings. The lowest BCUT2D eigenvalue weighted by molar-refractivity contribution is 0.116. The average Bonchev–Trinajstić information content (AvgIpc) is 2.70. The van der Waals surface area contributed by atoms with E-state index < -0.39 is 9.04 Å². The molecule has 0 aromatic heterocycles. The summed E-state index contributed by atoms with van der Waals surface area (Å²) in [5, 5.41) is 2.63. The zero-order chi connectivity index (χ0) is 18.5. The van der Waals surface area contributed by atoms with Gasteiger partial charge in [0.2, 0.25) is 0 Å². The summed E-state index contributed by atoms with van der Waals surface area (Å²) in [6.07, 6.45) is 5.82. The molecule has 26 heavy (non-hydrogen) atoms. The van der Waals surface area contributed by atoms with Crippen LogP contribution in [0.15, 0.2) is 60.7 Å². The number of ether oxygens (including phenoxy) is 1. The minimum Gasteiger partial charge on any atom is -0.407 e. The fraction of sp³-hybridized carbons (Fsp3) is 0.478. The number of rotatable bonds is 13. The lowest BCUT2D eigenvalue weighted by Crippen LogP contribution is -2.45. The largest absolute Gasteiger partial charge is 0.407 e. The van der Waals surface area contributed by atoms with Crippen LogP contribution in [0.5, 0.6) is 0 Å². The van der Waals surface area contributed by atoms with E-state index in [1.165, 1.54) is 29.6 Å². The van der Waals surface area contributed by atoms with Crippen molar-refractivity contribution in [3.05, 3.63) is 60.7 Å². The Hall–Kier alpha value is -1.42.